The summed E-state index contributed by atoms with van der Waals surface area (Å²) in [6, 6.07) is 15.4. The Morgan fingerprint density at radius 1 is 1.19 bits per heavy atom. The fraction of sp³-hybridized carbons (Fsp3) is 0.208. The summed E-state index contributed by atoms with van der Waals surface area (Å²) in [6.07, 6.45) is 3.48. The molecule has 4 aromatic rings. The number of aromatic amines is 1. The molecule has 1 aliphatic heterocycles. The number of nitrogens with zero attached hydrogens (tertiary/aromatic N) is 3. The summed E-state index contributed by atoms with van der Waals surface area (Å²) in [4.78, 5) is 26.4. The zero-order valence-corrected chi connectivity index (χ0v) is 17.0. The van der Waals surface area contributed by atoms with E-state index in [1.807, 2.05) is 35.2 Å². The molecule has 0 radical (unpaired) electrons. The van der Waals surface area contributed by atoms with Crippen LogP contribution in [0.15, 0.2) is 60.8 Å². The van der Waals surface area contributed by atoms with Crippen molar-refractivity contribution in [1.82, 2.24) is 19.9 Å². The lowest BCUT2D eigenvalue weighted by molar-refractivity contribution is -0.129. The first kappa shape index (κ1) is 19.2. The number of hydrogen-bond acceptors (Lipinski definition) is 4. The monoisotopic (exact) mass is 416 g/mol. The first-order valence-corrected chi connectivity index (χ1v) is 10.2. The number of carbonyl (C=O) groups is 1. The fourth-order valence-electron chi connectivity index (χ4n) is 4.15. The highest BCUT2D eigenvalue weighted by Gasteiger charge is 2.31. The zero-order chi connectivity index (χ0) is 21.4. The highest BCUT2D eigenvalue weighted by atomic mass is 19.1. The van der Waals surface area contributed by atoms with Crippen LogP contribution in [0.3, 0.4) is 0 Å². The highest BCUT2D eigenvalue weighted by Crippen LogP contribution is 2.41. The summed E-state index contributed by atoms with van der Waals surface area (Å²) >= 11 is 0. The minimum absolute atomic E-state index is 0.0260. The van der Waals surface area contributed by atoms with E-state index in [1.54, 1.807) is 25.3 Å². The van der Waals surface area contributed by atoms with Crippen molar-refractivity contribution in [3.05, 3.63) is 72.2 Å². The van der Waals surface area contributed by atoms with E-state index in [9.17, 15) is 9.18 Å². The van der Waals surface area contributed by atoms with Gasteiger partial charge in [0.1, 0.15) is 23.0 Å². The first-order valence-electron chi connectivity index (χ1n) is 10.2. The molecule has 1 fully saturated rings. The van der Waals surface area contributed by atoms with Crippen molar-refractivity contribution >= 4 is 16.9 Å². The van der Waals surface area contributed by atoms with Crippen LogP contribution in [0.4, 0.5) is 4.39 Å². The average molecular weight is 416 g/mol. The molecular formula is C24H21FN4O2. The summed E-state index contributed by atoms with van der Waals surface area (Å²) < 4.78 is 19.8. The van der Waals surface area contributed by atoms with Gasteiger partial charge in [-0.3, -0.25) is 9.78 Å². The van der Waals surface area contributed by atoms with Gasteiger partial charge in [-0.15, -0.1) is 0 Å². The van der Waals surface area contributed by atoms with Crippen molar-refractivity contribution in [2.24, 2.45) is 0 Å². The number of benzene rings is 2. The maximum Gasteiger partial charge on any atom is 0.219 e. The lowest BCUT2D eigenvalue weighted by atomic mass is 10.0. The second-order valence-electron chi connectivity index (χ2n) is 7.64. The number of fused-ring (bicyclic) bond motifs is 1. The maximum atomic E-state index is 13.7. The average Bonchev–Trinajstić information content (AvgIpc) is 3.41. The Labute approximate surface area is 178 Å². The molecule has 0 spiro atoms. The van der Waals surface area contributed by atoms with Crippen LogP contribution in [0.5, 0.6) is 11.5 Å². The second-order valence-corrected chi connectivity index (χ2v) is 7.64. The molecule has 6 nitrogen and oxygen atoms in total. The summed E-state index contributed by atoms with van der Waals surface area (Å²) in [6.45, 7) is 2.29. The fourth-order valence-corrected chi connectivity index (χ4v) is 4.15. The van der Waals surface area contributed by atoms with Crippen LogP contribution in [0.2, 0.25) is 0 Å². The van der Waals surface area contributed by atoms with Gasteiger partial charge in [0.2, 0.25) is 5.91 Å². The molecule has 1 amide bonds. The summed E-state index contributed by atoms with van der Waals surface area (Å²) in [7, 11) is 0. The number of nitrogens with one attached hydrogen (secondary N) is 1. The van der Waals surface area contributed by atoms with Crippen molar-refractivity contribution in [2.45, 2.75) is 25.8 Å². The van der Waals surface area contributed by atoms with Crippen molar-refractivity contribution in [2.75, 3.05) is 6.54 Å². The Balaban J connectivity index is 1.63. The minimum atomic E-state index is -0.372. The topological polar surface area (TPSA) is 71.1 Å². The zero-order valence-electron chi connectivity index (χ0n) is 17.0. The van der Waals surface area contributed by atoms with Crippen LogP contribution in [0.1, 0.15) is 31.4 Å². The van der Waals surface area contributed by atoms with Crippen LogP contribution in [-0.4, -0.2) is 32.3 Å². The molecule has 0 bridgehead atoms. The highest BCUT2D eigenvalue weighted by molar-refractivity contribution is 5.82. The van der Waals surface area contributed by atoms with E-state index in [4.69, 9.17) is 4.74 Å². The van der Waals surface area contributed by atoms with Crippen molar-refractivity contribution in [3.63, 3.8) is 0 Å². The number of H-pyrrole nitrogens is 1. The van der Waals surface area contributed by atoms with Crippen LogP contribution in [0.25, 0.3) is 22.6 Å². The molecule has 1 N–H and O–H groups in total. The van der Waals surface area contributed by atoms with Gasteiger partial charge in [-0.1, -0.05) is 12.1 Å². The Morgan fingerprint density at radius 2 is 2.10 bits per heavy atom. The Hall–Kier alpha value is -3.74. The summed E-state index contributed by atoms with van der Waals surface area (Å²) in [5.41, 5.74) is 3.15. The van der Waals surface area contributed by atoms with Crippen LogP contribution < -0.4 is 4.74 Å². The molecule has 0 saturated carbocycles. The SMILES string of the molecule is CC(=O)N1CCCC1c1cc2[nH]c(-c3ccccn3)nc2cc1Oc1cccc(F)c1. The van der Waals surface area contributed by atoms with Gasteiger partial charge in [0, 0.05) is 37.4 Å². The molecule has 5 rings (SSSR count). The third-order valence-electron chi connectivity index (χ3n) is 5.56. The molecule has 1 saturated heterocycles. The second kappa shape index (κ2) is 7.83. The van der Waals surface area contributed by atoms with Gasteiger partial charge >= 0.3 is 0 Å². The number of pyridine rings is 1. The van der Waals surface area contributed by atoms with E-state index in [2.05, 4.69) is 15.0 Å². The Kier molecular flexibility index (Phi) is 4.86. The Morgan fingerprint density at radius 3 is 2.87 bits per heavy atom. The van der Waals surface area contributed by atoms with E-state index in [-0.39, 0.29) is 17.8 Å². The first-order chi connectivity index (χ1) is 15.1. The number of likely N-dealkylation sites (tertiary alicyclic amines) is 1. The van der Waals surface area contributed by atoms with Crippen LogP contribution in [-0.2, 0) is 4.79 Å². The predicted molar refractivity (Wildman–Crippen MR) is 115 cm³/mol. The number of halogens is 1. The molecule has 2 aromatic heterocycles. The number of amides is 1. The molecule has 0 aliphatic carbocycles. The molecule has 7 heteroatoms. The molecule has 3 heterocycles. The standard InChI is InChI=1S/C24H21FN4O2/c1-15(30)29-11-5-9-22(29)18-13-20-21(28-24(27-20)19-8-2-3-10-26-19)14-23(18)31-17-7-4-6-16(25)12-17/h2-4,6-8,10,12-14,22H,5,9,11H2,1H3,(H,27,28). The number of ether oxygens (including phenoxy) is 1. The number of carbonyl (C=O) groups excluding carboxylic acids is 1. The number of aromatic nitrogens is 3. The summed E-state index contributed by atoms with van der Waals surface area (Å²) in [5, 5.41) is 0. The van der Waals surface area contributed by atoms with Gasteiger partial charge in [-0.05, 0) is 43.2 Å². The number of hydrogen-bond donors (Lipinski definition) is 1. The molecule has 31 heavy (non-hydrogen) atoms. The minimum Gasteiger partial charge on any atom is -0.457 e. The molecular weight excluding hydrogens is 395 g/mol. The van der Waals surface area contributed by atoms with Gasteiger partial charge < -0.3 is 14.6 Å². The number of imidazole rings is 1. The lowest BCUT2D eigenvalue weighted by Gasteiger charge is -2.25. The van der Waals surface area contributed by atoms with Crippen LogP contribution >= 0.6 is 0 Å². The molecule has 1 atom stereocenters. The van der Waals surface area contributed by atoms with E-state index < -0.39 is 0 Å². The van der Waals surface area contributed by atoms with Crippen molar-refractivity contribution < 1.29 is 13.9 Å². The van der Waals surface area contributed by atoms with Crippen molar-refractivity contribution in [1.29, 1.82) is 0 Å². The van der Waals surface area contributed by atoms with Crippen molar-refractivity contribution in [3.8, 4) is 23.0 Å². The lowest BCUT2D eigenvalue weighted by Crippen LogP contribution is -2.28. The van der Waals surface area contributed by atoms with Gasteiger partial charge in [-0.25, -0.2) is 9.37 Å². The van der Waals surface area contributed by atoms with Gasteiger partial charge in [0.25, 0.3) is 0 Å². The normalized spacial score (nSPS) is 16.1. The molecule has 2 aromatic carbocycles. The number of rotatable bonds is 4. The Bertz CT molecular complexity index is 1260. The largest absolute Gasteiger partial charge is 0.457 e. The van der Waals surface area contributed by atoms with E-state index >= 15 is 0 Å². The van der Waals surface area contributed by atoms with Crippen LogP contribution in [0, 0.1) is 5.82 Å². The molecule has 1 aliphatic rings. The van der Waals surface area contributed by atoms with E-state index in [0.717, 1.165) is 29.6 Å². The van der Waals surface area contributed by atoms with Gasteiger partial charge in [-0.2, -0.15) is 0 Å². The third kappa shape index (κ3) is 3.74. The van der Waals surface area contributed by atoms with Gasteiger partial charge in [0.05, 0.1) is 17.1 Å². The third-order valence-corrected chi connectivity index (χ3v) is 5.56. The van der Waals surface area contributed by atoms with E-state index in [0.29, 0.717) is 29.4 Å². The van der Waals surface area contributed by atoms with E-state index in [1.165, 1.54) is 12.1 Å². The summed E-state index contributed by atoms with van der Waals surface area (Å²) in [5.74, 6) is 1.27. The maximum absolute atomic E-state index is 13.7. The smallest absolute Gasteiger partial charge is 0.219 e. The molecule has 156 valence electrons. The predicted octanol–water partition coefficient (Wildman–Crippen LogP) is 5.24. The van der Waals surface area contributed by atoms with Gasteiger partial charge in [0.15, 0.2) is 5.82 Å². The quantitative estimate of drug-likeness (QED) is 0.494. The molecule has 1 unspecified atom stereocenters.